The molecular formula is C26H50P2S. The Bertz CT molecular complexity index is 526. The maximum atomic E-state index is 2.44. The van der Waals surface area contributed by atoms with Gasteiger partial charge in [-0.15, -0.1) is 11.3 Å². The Morgan fingerprint density at radius 1 is 0.483 bits per heavy atom. The second-order valence-electron chi connectivity index (χ2n) is 11.2. The van der Waals surface area contributed by atoms with E-state index in [1.54, 1.807) is 9.75 Å². The van der Waals surface area contributed by atoms with Crippen LogP contribution in [0, 0.1) is 23.7 Å². The summed E-state index contributed by atoms with van der Waals surface area (Å²) < 4.78 is 0. The second-order valence-corrected chi connectivity index (χ2v) is 16.8. The number of thiophene rings is 1. The van der Waals surface area contributed by atoms with Gasteiger partial charge in [-0.1, -0.05) is 98.9 Å². The molecule has 0 radical (unpaired) electrons. The molecule has 0 bridgehead atoms. The normalized spacial score (nSPS) is 13.1. The molecule has 0 aliphatic rings. The quantitative estimate of drug-likeness (QED) is 0.276. The van der Waals surface area contributed by atoms with Crippen molar-refractivity contribution >= 4 is 37.8 Å². The summed E-state index contributed by atoms with van der Waals surface area (Å²) in [5.74, 6) is 4.46. The zero-order valence-corrected chi connectivity index (χ0v) is 24.2. The molecule has 0 nitrogen and oxygen atoms in total. The van der Waals surface area contributed by atoms with E-state index in [2.05, 4.69) is 94.4 Å². The van der Waals surface area contributed by atoms with Gasteiger partial charge in [-0.25, -0.2) is 0 Å². The van der Waals surface area contributed by atoms with Crippen molar-refractivity contribution in [2.24, 2.45) is 23.7 Å². The van der Waals surface area contributed by atoms with E-state index in [9.17, 15) is 0 Å². The molecule has 0 aromatic carbocycles. The van der Waals surface area contributed by atoms with E-state index in [1.165, 1.54) is 24.6 Å². The van der Waals surface area contributed by atoms with Crippen LogP contribution in [-0.2, 0) is 0 Å². The van der Waals surface area contributed by atoms with Gasteiger partial charge in [-0.3, -0.25) is 0 Å². The van der Waals surface area contributed by atoms with Crippen molar-refractivity contribution in [3.05, 3.63) is 9.75 Å². The number of hydrogen-bond donors (Lipinski definition) is 0. The van der Waals surface area contributed by atoms with Gasteiger partial charge in [0.2, 0.25) is 0 Å². The van der Waals surface area contributed by atoms with Crippen LogP contribution in [-0.4, -0.2) is 24.6 Å². The second kappa shape index (κ2) is 12.6. The van der Waals surface area contributed by atoms with Gasteiger partial charge in [0.1, 0.15) is 0 Å². The molecule has 0 atom stereocenters. The van der Waals surface area contributed by atoms with Crippen molar-refractivity contribution in [1.29, 1.82) is 0 Å². The minimum Gasteiger partial charge on any atom is -0.143 e. The molecule has 0 aliphatic carbocycles. The van der Waals surface area contributed by atoms with E-state index in [-0.39, 0.29) is 15.8 Å². The molecule has 0 saturated heterocycles. The average molecular weight is 457 g/mol. The topological polar surface area (TPSA) is 0 Å². The summed E-state index contributed by atoms with van der Waals surface area (Å²) in [6.07, 6.45) is 5.62. The first-order valence-corrected chi connectivity index (χ1v) is 16.2. The summed E-state index contributed by atoms with van der Waals surface area (Å²) >= 11 is 2.20. The summed E-state index contributed by atoms with van der Waals surface area (Å²) in [4.78, 5) is 3.49. The number of hydrogen-bond acceptors (Lipinski definition) is 1. The van der Waals surface area contributed by atoms with Crippen LogP contribution in [0.4, 0.5) is 0 Å². The van der Waals surface area contributed by atoms with E-state index in [1.807, 2.05) is 10.6 Å². The Labute approximate surface area is 190 Å². The standard InChI is InChI=1S/C26H50P2S/c1-17(2)13-27(14-18(3)4)23-24(28(15-19(5)6)16-20(7)8)26(22(11)12)29-25(23)21(9)10/h17-22H,13-16H2,1-12H3. The highest BCUT2D eigenvalue weighted by molar-refractivity contribution is 7.73. The first-order valence-electron chi connectivity index (χ1n) is 12.0. The van der Waals surface area contributed by atoms with E-state index in [0.717, 1.165) is 23.7 Å². The molecule has 1 aromatic rings. The van der Waals surface area contributed by atoms with Gasteiger partial charge in [0.25, 0.3) is 0 Å². The summed E-state index contributed by atoms with van der Waals surface area (Å²) in [6.45, 7) is 29.2. The fraction of sp³-hybridized carbons (Fsp3) is 0.846. The lowest BCUT2D eigenvalue weighted by molar-refractivity contribution is 0.719. The molecule has 3 heteroatoms. The minimum atomic E-state index is -0.0685. The molecule has 0 amide bonds. The van der Waals surface area contributed by atoms with E-state index >= 15 is 0 Å². The van der Waals surface area contributed by atoms with Crippen LogP contribution in [0.2, 0.25) is 0 Å². The lowest BCUT2D eigenvalue weighted by atomic mass is 10.1. The molecule has 0 aliphatic heterocycles. The fourth-order valence-electron chi connectivity index (χ4n) is 4.12. The zero-order chi connectivity index (χ0) is 22.5. The molecule has 170 valence electrons. The largest absolute Gasteiger partial charge is 0.143 e. The molecule has 0 saturated carbocycles. The smallest absolute Gasteiger partial charge is 0.0157 e. The van der Waals surface area contributed by atoms with Crippen molar-refractivity contribution in [2.45, 2.75) is 94.9 Å². The Balaban J connectivity index is 3.75. The van der Waals surface area contributed by atoms with E-state index in [0.29, 0.717) is 11.8 Å². The lowest BCUT2D eigenvalue weighted by Crippen LogP contribution is -2.30. The van der Waals surface area contributed by atoms with Crippen LogP contribution in [0.5, 0.6) is 0 Å². The van der Waals surface area contributed by atoms with Crippen LogP contribution in [0.25, 0.3) is 0 Å². The van der Waals surface area contributed by atoms with Gasteiger partial charge < -0.3 is 0 Å². The minimum absolute atomic E-state index is 0.0685. The summed E-state index contributed by atoms with van der Waals surface area (Å²) in [6, 6.07) is 0. The van der Waals surface area contributed by atoms with Crippen LogP contribution < -0.4 is 10.6 Å². The molecule has 0 fully saturated rings. The third-order valence-corrected chi connectivity index (χ3v) is 14.1. The first-order chi connectivity index (χ1) is 13.3. The predicted octanol–water partition coefficient (Wildman–Crippen LogP) is 8.83. The third kappa shape index (κ3) is 8.54. The van der Waals surface area contributed by atoms with Gasteiger partial charge in [-0.2, -0.15) is 0 Å². The lowest BCUT2D eigenvalue weighted by Gasteiger charge is -2.30. The molecular weight excluding hydrogens is 406 g/mol. The van der Waals surface area contributed by atoms with Gasteiger partial charge in [0, 0.05) is 9.75 Å². The maximum absolute atomic E-state index is 2.44. The molecule has 0 unspecified atom stereocenters. The van der Waals surface area contributed by atoms with Crippen molar-refractivity contribution in [3.8, 4) is 0 Å². The van der Waals surface area contributed by atoms with Crippen molar-refractivity contribution in [1.82, 2.24) is 0 Å². The zero-order valence-electron chi connectivity index (χ0n) is 21.6. The van der Waals surface area contributed by atoms with E-state index < -0.39 is 0 Å². The van der Waals surface area contributed by atoms with Gasteiger partial charge in [-0.05, 0) is 70.8 Å². The van der Waals surface area contributed by atoms with Gasteiger partial charge in [0.15, 0.2) is 0 Å². The summed E-state index contributed by atoms with van der Waals surface area (Å²) in [7, 11) is -0.137. The van der Waals surface area contributed by atoms with Gasteiger partial charge in [0.05, 0.1) is 0 Å². The maximum Gasteiger partial charge on any atom is 0.0157 e. The highest BCUT2D eigenvalue weighted by Crippen LogP contribution is 2.50. The van der Waals surface area contributed by atoms with Crippen molar-refractivity contribution in [2.75, 3.05) is 24.6 Å². The Kier molecular flexibility index (Phi) is 12.0. The van der Waals surface area contributed by atoms with Crippen LogP contribution in [0.15, 0.2) is 0 Å². The summed E-state index contributed by atoms with van der Waals surface area (Å²) in [5, 5.41) is 3.78. The Morgan fingerprint density at radius 3 is 0.897 bits per heavy atom. The SMILES string of the molecule is CC(C)CP(CC(C)C)c1c(C(C)C)sc(C(C)C)c1P(CC(C)C)CC(C)C. The summed E-state index contributed by atoms with van der Waals surface area (Å²) in [5.41, 5.74) is 0. The van der Waals surface area contributed by atoms with Crippen LogP contribution >= 0.6 is 27.2 Å². The average Bonchev–Trinajstić information content (AvgIpc) is 2.92. The highest BCUT2D eigenvalue weighted by Gasteiger charge is 2.32. The van der Waals surface area contributed by atoms with E-state index in [4.69, 9.17) is 0 Å². The molecule has 1 rings (SSSR count). The molecule has 1 heterocycles. The first kappa shape index (κ1) is 27.6. The molecule has 1 aromatic heterocycles. The molecule has 29 heavy (non-hydrogen) atoms. The third-order valence-electron chi connectivity index (χ3n) is 4.93. The molecule has 0 N–H and O–H groups in total. The Hall–Kier alpha value is 0.560. The van der Waals surface area contributed by atoms with Crippen LogP contribution in [0.1, 0.15) is 105 Å². The van der Waals surface area contributed by atoms with Crippen LogP contribution in [0.3, 0.4) is 0 Å². The fourth-order valence-corrected chi connectivity index (χ4v) is 13.8. The highest BCUT2D eigenvalue weighted by atomic mass is 32.1. The van der Waals surface area contributed by atoms with Crippen molar-refractivity contribution < 1.29 is 0 Å². The number of rotatable bonds is 12. The monoisotopic (exact) mass is 456 g/mol. The van der Waals surface area contributed by atoms with Gasteiger partial charge >= 0.3 is 0 Å². The Morgan fingerprint density at radius 2 is 0.724 bits per heavy atom. The predicted molar refractivity (Wildman–Crippen MR) is 144 cm³/mol. The van der Waals surface area contributed by atoms with Crippen molar-refractivity contribution in [3.63, 3.8) is 0 Å². The molecule has 0 spiro atoms.